The van der Waals surface area contributed by atoms with Crippen molar-refractivity contribution in [3.05, 3.63) is 129 Å². The quantitative estimate of drug-likeness (QED) is 0.185. The van der Waals surface area contributed by atoms with E-state index < -0.39 is 0 Å². The topological polar surface area (TPSA) is 0 Å². The summed E-state index contributed by atoms with van der Waals surface area (Å²) in [5, 5.41) is 0. The van der Waals surface area contributed by atoms with E-state index in [4.69, 9.17) is 0 Å². The summed E-state index contributed by atoms with van der Waals surface area (Å²) in [6.07, 6.45) is 0. The normalized spacial score (nSPS) is 15.7. The van der Waals surface area contributed by atoms with Crippen LogP contribution in [0.3, 0.4) is 0 Å². The Morgan fingerprint density at radius 1 is 0.404 bits per heavy atom. The van der Waals surface area contributed by atoms with Crippen LogP contribution in [-0.4, -0.2) is 0 Å². The molecule has 0 heterocycles. The van der Waals surface area contributed by atoms with Gasteiger partial charge in [0, 0.05) is 10.8 Å². The zero-order valence-electron chi connectivity index (χ0n) is 31.0. The number of hydrogen-bond donors (Lipinski definition) is 0. The molecule has 2 aliphatic rings. The molecule has 0 atom stereocenters. The van der Waals surface area contributed by atoms with Crippen molar-refractivity contribution >= 4 is 0 Å². The first-order valence-corrected chi connectivity index (χ1v) is 17.5. The van der Waals surface area contributed by atoms with E-state index in [-0.39, 0.29) is 21.7 Å². The lowest BCUT2D eigenvalue weighted by Gasteiger charge is -2.27. The first-order valence-electron chi connectivity index (χ1n) is 17.5. The molecular weight excluding hydrogens is 565 g/mol. The number of fused-ring (bicyclic) bond motifs is 6. The Bertz CT molecular complexity index is 2090. The molecule has 2 aliphatic carbocycles. The van der Waals surface area contributed by atoms with Crippen molar-refractivity contribution in [3.63, 3.8) is 0 Å². The predicted octanol–water partition coefficient (Wildman–Crippen LogP) is 13.2. The van der Waals surface area contributed by atoms with Crippen molar-refractivity contribution in [2.75, 3.05) is 0 Å². The molecule has 240 valence electrons. The molecule has 0 heteroatoms. The smallest absolute Gasteiger partial charge is 0.0159 e. The summed E-state index contributed by atoms with van der Waals surface area (Å²) in [6, 6.07) is 31.3. The zero-order valence-corrected chi connectivity index (χ0v) is 31.0. The molecule has 0 aliphatic heterocycles. The minimum atomic E-state index is -0.0701. The van der Waals surface area contributed by atoms with E-state index in [1.807, 2.05) is 0 Å². The van der Waals surface area contributed by atoms with Crippen molar-refractivity contribution in [2.45, 2.75) is 112 Å². The Kier molecular flexibility index (Phi) is 6.78. The van der Waals surface area contributed by atoms with Crippen molar-refractivity contribution < 1.29 is 0 Å². The summed E-state index contributed by atoms with van der Waals surface area (Å²) < 4.78 is 0. The molecule has 5 aromatic carbocycles. The minimum Gasteiger partial charge on any atom is -0.0587 e. The van der Waals surface area contributed by atoms with Crippen LogP contribution in [0.2, 0.25) is 0 Å². The Morgan fingerprint density at radius 3 is 1.53 bits per heavy atom. The van der Waals surface area contributed by atoms with Gasteiger partial charge < -0.3 is 0 Å². The molecule has 0 saturated carbocycles. The maximum Gasteiger partial charge on any atom is 0.0159 e. The fourth-order valence-electron chi connectivity index (χ4n) is 8.56. The zero-order chi connectivity index (χ0) is 34.0. The summed E-state index contributed by atoms with van der Waals surface area (Å²) in [4.78, 5) is 0. The highest BCUT2D eigenvalue weighted by Gasteiger charge is 2.39. The maximum atomic E-state index is 2.51. The first-order chi connectivity index (χ1) is 21.8. The van der Waals surface area contributed by atoms with Crippen molar-refractivity contribution in [1.82, 2.24) is 0 Å². The fraction of sp³-hybridized carbons (Fsp3) is 0.362. The van der Waals surface area contributed by atoms with E-state index in [1.165, 1.54) is 94.6 Å². The largest absolute Gasteiger partial charge is 0.0587 e. The van der Waals surface area contributed by atoms with Crippen LogP contribution in [0.25, 0.3) is 44.5 Å². The van der Waals surface area contributed by atoms with Crippen LogP contribution < -0.4 is 0 Å². The van der Waals surface area contributed by atoms with E-state index in [2.05, 4.69) is 169 Å². The maximum absolute atomic E-state index is 2.51. The van der Waals surface area contributed by atoms with Crippen LogP contribution in [0.4, 0.5) is 0 Å². The van der Waals surface area contributed by atoms with E-state index >= 15 is 0 Å². The SMILES string of the molecule is Cc1ccc2c(c1)C(C)(C)c1cc(-c3c(C)cc(-c4cc(C(C)(C)C)cc5c4-c4ccc(C(C)(C)C)cc4C5(C)C)cc3C)ccc1-2. The monoisotopic (exact) mass is 616 g/mol. The molecule has 5 aromatic rings. The van der Waals surface area contributed by atoms with Gasteiger partial charge in [-0.25, -0.2) is 0 Å². The number of benzene rings is 5. The van der Waals surface area contributed by atoms with Crippen LogP contribution in [0.1, 0.15) is 119 Å². The Hall–Kier alpha value is -3.90. The molecule has 0 radical (unpaired) electrons. The van der Waals surface area contributed by atoms with Crippen LogP contribution in [-0.2, 0) is 21.7 Å². The van der Waals surface area contributed by atoms with E-state index in [9.17, 15) is 0 Å². The first kappa shape index (κ1) is 31.7. The molecule has 0 spiro atoms. The molecular formula is C47H52. The number of hydrogen-bond acceptors (Lipinski definition) is 0. The molecule has 0 nitrogen and oxygen atoms in total. The molecule has 0 saturated heterocycles. The highest BCUT2D eigenvalue weighted by molar-refractivity contribution is 5.94. The molecule has 0 aromatic heterocycles. The molecule has 47 heavy (non-hydrogen) atoms. The summed E-state index contributed by atoms with van der Waals surface area (Å²) in [7, 11) is 0. The molecule has 0 unspecified atom stereocenters. The van der Waals surface area contributed by atoms with Crippen molar-refractivity contribution in [1.29, 1.82) is 0 Å². The average molecular weight is 617 g/mol. The van der Waals surface area contributed by atoms with Gasteiger partial charge in [0.15, 0.2) is 0 Å². The van der Waals surface area contributed by atoms with Gasteiger partial charge in [0.05, 0.1) is 0 Å². The Labute approximate surface area is 284 Å². The second kappa shape index (κ2) is 10.1. The third-order valence-corrected chi connectivity index (χ3v) is 11.5. The number of aryl methyl sites for hydroxylation is 3. The van der Waals surface area contributed by atoms with Crippen LogP contribution >= 0.6 is 0 Å². The lowest BCUT2D eigenvalue weighted by molar-refractivity contribution is 0.580. The third-order valence-electron chi connectivity index (χ3n) is 11.5. The van der Waals surface area contributed by atoms with Gasteiger partial charge in [0.1, 0.15) is 0 Å². The fourth-order valence-corrected chi connectivity index (χ4v) is 8.56. The number of rotatable bonds is 2. The van der Waals surface area contributed by atoms with E-state index in [0.29, 0.717) is 0 Å². The van der Waals surface area contributed by atoms with Gasteiger partial charge in [-0.3, -0.25) is 0 Å². The molecule has 0 fully saturated rings. The molecule has 7 rings (SSSR count). The van der Waals surface area contributed by atoms with Gasteiger partial charge in [-0.1, -0.05) is 142 Å². The minimum absolute atomic E-state index is 0.0184. The highest BCUT2D eigenvalue weighted by Crippen LogP contribution is 2.55. The Morgan fingerprint density at radius 2 is 0.915 bits per heavy atom. The summed E-state index contributed by atoms with van der Waals surface area (Å²) in [5.41, 5.74) is 23.6. The van der Waals surface area contributed by atoms with Gasteiger partial charge in [0.25, 0.3) is 0 Å². The van der Waals surface area contributed by atoms with E-state index in [1.54, 1.807) is 0 Å². The highest BCUT2D eigenvalue weighted by atomic mass is 14.4. The average Bonchev–Trinajstić information content (AvgIpc) is 3.34. The van der Waals surface area contributed by atoms with Gasteiger partial charge in [-0.05, 0) is 133 Å². The lowest BCUT2D eigenvalue weighted by Crippen LogP contribution is -2.19. The van der Waals surface area contributed by atoms with Gasteiger partial charge in [-0.15, -0.1) is 0 Å². The van der Waals surface area contributed by atoms with Crippen molar-refractivity contribution in [3.8, 4) is 44.5 Å². The van der Waals surface area contributed by atoms with E-state index in [0.717, 1.165) is 0 Å². The third kappa shape index (κ3) is 4.77. The predicted molar refractivity (Wildman–Crippen MR) is 204 cm³/mol. The van der Waals surface area contributed by atoms with Crippen LogP contribution in [0.15, 0.2) is 78.9 Å². The standard InChI is InChI=1S/C47H52/c1-27-14-17-34-35-18-15-30(23-39(35)46(10,11)38(34)20-27)42-28(2)21-31(22-29(42)3)37-24-33(45(7,8)9)26-41-43(37)36-19-16-32(44(4,5)6)25-40(36)47(41,12)13/h14-26H,1-13H3. The Balaban J connectivity index is 1.40. The molecule has 0 bridgehead atoms. The van der Waals surface area contributed by atoms with Gasteiger partial charge in [-0.2, -0.15) is 0 Å². The van der Waals surface area contributed by atoms with Crippen LogP contribution in [0.5, 0.6) is 0 Å². The summed E-state index contributed by atoms with van der Waals surface area (Å²) >= 11 is 0. The second-order valence-electron chi connectivity index (χ2n) is 17.8. The van der Waals surface area contributed by atoms with Crippen molar-refractivity contribution in [2.24, 2.45) is 0 Å². The lowest BCUT2D eigenvalue weighted by atomic mass is 9.76. The second-order valence-corrected chi connectivity index (χ2v) is 17.8. The van der Waals surface area contributed by atoms with Gasteiger partial charge >= 0.3 is 0 Å². The molecule has 0 N–H and O–H groups in total. The summed E-state index contributed by atoms with van der Waals surface area (Å²) in [5.74, 6) is 0. The molecule has 0 amide bonds. The summed E-state index contributed by atoms with van der Waals surface area (Å²) in [6.45, 7) is 30.4. The van der Waals surface area contributed by atoms with Gasteiger partial charge in [0.2, 0.25) is 0 Å². The van der Waals surface area contributed by atoms with Crippen LogP contribution in [0, 0.1) is 20.8 Å².